The normalized spacial score (nSPS) is 10.6. The van der Waals surface area contributed by atoms with Gasteiger partial charge in [0.25, 0.3) is 5.56 Å². The first kappa shape index (κ1) is 10.6. The Morgan fingerprint density at radius 3 is 2.94 bits per heavy atom. The fourth-order valence-electron chi connectivity index (χ4n) is 1.37. The van der Waals surface area contributed by atoms with Crippen LogP contribution in [0.15, 0.2) is 35.6 Å². The van der Waals surface area contributed by atoms with Gasteiger partial charge in [0.05, 0.1) is 0 Å². The van der Waals surface area contributed by atoms with E-state index in [-0.39, 0.29) is 5.56 Å². The number of hydrogen-bond donors (Lipinski definition) is 1. The van der Waals surface area contributed by atoms with Crippen molar-refractivity contribution >= 4 is 0 Å². The Balaban J connectivity index is 2.32. The Labute approximate surface area is 92.3 Å². The molecule has 2 heterocycles. The van der Waals surface area contributed by atoms with Crippen LogP contribution in [0.3, 0.4) is 0 Å². The van der Waals surface area contributed by atoms with Crippen LogP contribution in [0.2, 0.25) is 0 Å². The van der Waals surface area contributed by atoms with Crippen molar-refractivity contribution in [2.75, 3.05) is 6.54 Å². The van der Waals surface area contributed by atoms with Gasteiger partial charge in [-0.1, -0.05) is 0 Å². The molecule has 0 aliphatic heterocycles. The van der Waals surface area contributed by atoms with Crippen LogP contribution in [0.4, 0.5) is 0 Å². The summed E-state index contributed by atoms with van der Waals surface area (Å²) >= 11 is 0. The highest BCUT2D eigenvalue weighted by Crippen LogP contribution is 1.99. The molecule has 0 radical (unpaired) electrons. The predicted molar refractivity (Wildman–Crippen MR) is 59.3 cm³/mol. The van der Waals surface area contributed by atoms with Gasteiger partial charge in [0, 0.05) is 25.0 Å². The molecule has 6 heteroatoms. The summed E-state index contributed by atoms with van der Waals surface area (Å²) in [6.45, 7) is 1.08. The lowest BCUT2D eigenvalue weighted by Crippen LogP contribution is -2.24. The zero-order valence-corrected chi connectivity index (χ0v) is 8.78. The first-order valence-corrected chi connectivity index (χ1v) is 5.08. The summed E-state index contributed by atoms with van der Waals surface area (Å²) in [4.78, 5) is 15.4. The molecule has 84 valence electrons. The molecule has 0 unspecified atom stereocenters. The van der Waals surface area contributed by atoms with Gasteiger partial charge in [0.1, 0.15) is 6.33 Å². The maximum absolute atomic E-state index is 11.5. The number of aromatic nitrogens is 4. The Morgan fingerprint density at radius 2 is 2.25 bits per heavy atom. The summed E-state index contributed by atoms with van der Waals surface area (Å²) in [5.41, 5.74) is 5.29. The van der Waals surface area contributed by atoms with Gasteiger partial charge in [-0.05, 0) is 19.0 Å². The quantitative estimate of drug-likeness (QED) is 0.771. The maximum atomic E-state index is 11.5. The third-order valence-electron chi connectivity index (χ3n) is 2.20. The van der Waals surface area contributed by atoms with E-state index in [1.54, 1.807) is 29.4 Å². The van der Waals surface area contributed by atoms with Crippen molar-refractivity contribution in [3.63, 3.8) is 0 Å². The van der Waals surface area contributed by atoms with E-state index in [2.05, 4.69) is 10.1 Å². The molecule has 0 saturated carbocycles. The molecule has 16 heavy (non-hydrogen) atoms. The van der Waals surface area contributed by atoms with Crippen molar-refractivity contribution in [2.45, 2.75) is 13.0 Å². The zero-order chi connectivity index (χ0) is 11.4. The molecular weight excluding hydrogens is 206 g/mol. The first-order valence-electron chi connectivity index (χ1n) is 5.08. The third-order valence-corrected chi connectivity index (χ3v) is 2.20. The van der Waals surface area contributed by atoms with Crippen LogP contribution in [-0.4, -0.2) is 25.9 Å². The second-order valence-electron chi connectivity index (χ2n) is 3.37. The van der Waals surface area contributed by atoms with Gasteiger partial charge >= 0.3 is 0 Å². The minimum absolute atomic E-state index is 0.114. The first-order chi connectivity index (χ1) is 7.81. The van der Waals surface area contributed by atoms with Gasteiger partial charge in [-0.3, -0.25) is 9.36 Å². The molecule has 0 atom stereocenters. The molecule has 6 nitrogen and oxygen atoms in total. The van der Waals surface area contributed by atoms with Gasteiger partial charge in [-0.2, -0.15) is 5.10 Å². The molecule has 0 fully saturated rings. The number of imidazole rings is 1. The summed E-state index contributed by atoms with van der Waals surface area (Å²) in [5.74, 6) is 0.675. The molecule has 2 aromatic rings. The van der Waals surface area contributed by atoms with E-state index in [4.69, 9.17) is 5.73 Å². The van der Waals surface area contributed by atoms with Gasteiger partial charge in [0.2, 0.25) is 0 Å². The van der Waals surface area contributed by atoms with Gasteiger partial charge in [-0.25, -0.2) is 9.67 Å². The second kappa shape index (κ2) is 4.71. The largest absolute Gasteiger partial charge is 0.330 e. The number of aryl methyl sites for hydroxylation is 1. The van der Waals surface area contributed by atoms with Crippen LogP contribution < -0.4 is 11.3 Å². The van der Waals surface area contributed by atoms with E-state index in [1.807, 2.05) is 0 Å². The Morgan fingerprint density at radius 1 is 1.38 bits per heavy atom. The van der Waals surface area contributed by atoms with E-state index < -0.39 is 0 Å². The highest BCUT2D eigenvalue weighted by molar-refractivity contribution is 5.18. The summed E-state index contributed by atoms with van der Waals surface area (Å²) in [6.07, 6.45) is 5.82. The third kappa shape index (κ3) is 2.17. The van der Waals surface area contributed by atoms with Crippen molar-refractivity contribution in [2.24, 2.45) is 5.73 Å². The lowest BCUT2D eigenvalue weighted by Gasteiger charge is -2.06. The predicted octanol–water partition coefficient (Wildman–Crippen LogP) is -0.222. The minimum Gasteiger partial charge on any atom is -0.330 e. The summed E-state index contributed by atoms with van der Waals surface area (Å²) in [5, 5.41) is 4.22. The van der Waals surface area contributed by atoms with Crippen LogP contribution in [0, 0.1) is 0 Å². The number of hydrogen-bond acceptors (Lipinski definition) is 4. The maximum Gasteiger partial charge on any atom is 0.266 e. The highest BCUT2D eigenvalue weighted by Gasteiger charge is 2.01. The van der Waals surface area contributed by atoms with Crippen LogP contribution in [0.25, 0.3) is 5.82 Å². The highest BCUT2D eigenvalue weighted by atomic mass is 16.1. The van der Waals surface area contributed by atoms with Crippen molar-refractivity contribution in [1.29, 1.82) is 0 Å². The van der Waals surface area contributed by atoms with Crippen LogP contribution in [0.1, 0.15) is 6.42 Å². The fourth-order valence-corrected chi connectivity index (χ4v) is 1.37. The van der Waals surface area contributed by atoms with Crippen LogP contribution >= 0.6 is 0 Å². The van der Waals surface area contributed by atoms with Crippen molar-refractivity contribution in [1.82, 2.24) is 19.3 Å². The lowest BCUT2D eigenvalue weighted by atomic mass is 10.4. The van der Waals surface area contributed by atoms with Gasteiger partial charge in [-0.15, -0.1) is 0 Å². The molecule has 0 amide bonds. The molecule has 0 aliphatic rings. The summed E-state index contributed by atoms with van der Waals surface area (Å²) < 4.78 is 3.17. The van der Waals surface area contributed by atoms with E-state index >= 15 is 0 Å². The van der Waals surface area contributed by atoms with E-state index in [1.165, 1.54) is 10.7 Å². The summed E-state index contributed by atoms with van der Waals surface area (Å²) in [6, 6.07) is 3.17. The van der Waals surface area contributed by atoms with Crippen LogP contribution in [-0.2, 0) is 6.54 Å². The molecule has 0 aromatic carbocycles. The molecule has 0 aliphatic carbocycles. The molecule has 2 aromatic heterocycles. The zero-order valence-electron chi connectivity index (χ0n) is 8.78. The monoisotopic (exact) mass is 219 g/mol. The van der Waals surface area contributed by atoms with Crippen molar-refractivity contribution in [3.05, 3.63) is 41.2 Å². The van der Waals surface area contributed by atoms with Crippen molar-refractivity contribution in [3.8, 4) is 5.82 Å². The molecule has 2 rings (SSSR count). The molecule has 2 N–H and O–H groups in total. The smallest absolute Gasteiger partial charge is 0.266 e. The Hall–Kier alpha value is -1.95. The Kier molecular flexibility index (Phi) is 3.11. The van der Waals surface area contributed by atoms with Crippen molar-refractivity contribution < 1.29 is 0 Å². The fraction of sp³-hybridized carbons (Fsp3) is 0.300. The number of rotatable bonds is 4. The standard InChI is InChI=1S/C10H13N5O/c11-4-1-6-15-10(16)3-2-9(13-15)14-7-5-12-8-14/h2-3,5,7-8H,1,4,6,11H2. The Bertz CT molecular complexity index is 502. The minimum atomic E-state index is -0.114. The lowest BCUT2D eigenvalue weighted by molar-refractivity contribution is 0.548. The molecule has 0 spiro atoms. The molecular formula is C10H13N5O. The number of nitrogens with zero attached hydrogens (tertiary/aromatic N) is 4. The van der Waals surface area contributed by atoms with E-state index in [9.17, 15) is 4.79 Å². The van der Waals surface area contributed by atoms with E-state index in [0.717, 1.165) is 6.42 Å². The van der Waals surface area contributed by atoms with Crippen LogP contribution in [0.5, 0.6) is 0 Å². The van der Waals surface area contributed by atoms with E-state index in [0.29, 0.717) is 18.9 Å². The number of nitrogens with two attached hydrogens (primary N) is 1. The average molecular weight is 219 g/mol. The second-order valence-corrected chi connectivity index (χ2v) is 3.37. The summed E-state index contributed by atoms with van der Waals surface area (Å²) in [7, 11) is 0. The molecule has 0 saturated heterocycles. The topological polar surface area (TPSA) is 78.7 Å². The molecule has 0 bridgehead atoms. The van der Waals surface area contributed by atoms with Gasteiger partial charge in [0.15, 0.2) is 5.82 Å². The SMILES string of the molecule is NCCCn1nc(-n2ccnc2)ccc1=O. The van der Waals surface area contributed by atoms with Gasteiger partial charge < -0.3 is 5.73 Å². The average Bonchev–Trinajstić information content (AvgIpc) is 2.81.